The van der Waals surface area contributed by atoms with Gasteiger partial charge in [-0.25, -0.2) is 9.78 Å². The number of carboxylic acid groups (broad SMARTS) is 1. The number of carboxylic acids is 1. The maximum Gasteiger partial charge on any atom is 0.356 e. The summed E-state index contributed by atoms with van der Waals surface area (Å²) in [5.41, 5.74) is -0.159. The van der Waals surface area contributed by atoms with Crippen molar-refractivity contribution in [3.05, 3.63) is 10.6 Å². The number of ketones is 1. The Morgan fingerprint density at radius 3 is 2.39 bits per heavy atom. The van der Waals surface area contributed by atoms with E-state index < -0.39 is 5.97 Å². The second-order valence-corrected chi connectivity index (χ2v) is 5.46. The van der Waals surface area contributed by atoms with Gasteiger partial charge in [-0.3, -0.25) is 4.79 Å². The minimum Gasteiger partial charge on any atom is -0.476 e. The van der Waals surface area contributed by atoms with E-state index in [1.165, 1.54) is 6.92 Å². The number of aromatic carboxylic acids is 1. The van der Waals surface area contributed by atoms with E-state index in [2.05, 4.69) is 31.1 Å². The molecule has 0 radical (unpaired) electrons. The van der Waals surface area contributed by atoms with E-state index >= 15 is 0 Å². The highest BCUT2D eigenvalue weighted by atomic mass is 32.1. The van der Waals surface area contributed by atoms with E-state index in [-0.39, 0.29) is 22.4 Å². The van der Waals surface area contributed by atoms with Gasteiger partial charge in [0.15, 0.2) is 16.6 Å². The van der Waals surface area contributed by atoms with Gasteiger partial charge in [0.1, 0.15) is 4.88 Å². The van der Waals surface area contributed by atoms with Gasteiger partial charge in [-0.05, 0) is 12.3 Å². The molecule has 0 bridgehead atoms. The Labute approximate surface area is 110 Å². The van der Waals surface area contributed by atoms with Gasteiger partial charge in [0, 0.05) is 13.0 Å². The SMILES string of the molecule is CCC(Nc1nc(C(=O)O)c(C(C)=O)s1)C(C)C. The number of nitrogens with one attached hydrogen (secondary N) is 1. The first-order valence-electron chi connectivity index (χ1n) is 5.88. The van der Waals surface area contributed by atoms with Crippen LogP contribution in [0.2, 0.25) is 0 Å². The average molecular weight is 270 g/mol. The van der Waals surface area contributed by atoms with E-state index in [4.69, 9.17) is 5.11 Å². The third-order valence-electron chi connectivity index (χ3n) is 2.70. The summed E-state index contributed by atoms with van der Waals surface area (Å²) in [5, 5.41) is 12.7. The topological polar surface area (TPSA) is 79.3 Å². The second-order valence-electron chi connectivity index (χ2n) is 4.46. The molecule has 0 aromatic carbocycles. The molecule has 1 aromatic heterocycles. The molecule has 1 unspecified atom stereocenters. The van der Waals surface area contributed by atoms with Crippen LogP contribution < -0.4 is 5.32 Å². The normalized spacial score (nSPS) is 12.5. The zero-order chi connectivity index (χ0) is 13.9. The molecule has 18 heavy (non-hydrogen) atoms. The summed E-state index contributed by atoms with van der Waals surface area (Å²) in [6.07, 6.45) is 0.912. The fourth-order valence-corrected chi connectivity index (χ4v) is 2.58. The largest absolute Gasteiger partial charge is 0.476 e. The molecule has 0 aliphatic carbocycles. The number of carbonyl (C=O) groups excluding carboxylic acids is 1. The second kappa shape index (κ2) is 5.95. The fourth-order valence-electron chi connectivity index (χ4n) is 1.66. The van der Waals surface area contributed by atoms with Crippen LogP contribution in [0.25, 0.3) is 0 Å². The molecule has 0 saturated carbocycles. The minimum atomic E-state index is -1.16. The number of rotatable bonds is 6. The summed E-state index contributed by atoms with van der Waals surface area (Å²) >= 11 is 1.10. The van der Waals surface area contributed by atoms with Gasteiger partial charge in [-0.15, -0.1) is 0 Å². The van der Waals surface area contributed by atoms with Crippen LogP contribution in [-0.2, 0) is 0 Å². The smallest absolute Gasteiger partial charge is 0.356 e. The third kappa shape index (κ3) is 3.29. The Balaban J connectivity index is 3.01. The van der Waals surface area contributed by atoms with Gasteiger partial charge in [0.05, 0.1) is 0 Å². The van der Waals surface area contributed by atoms with Crippen LogP contribution in [0.1, 0.15) is 54.3 Å². The van der Waals surface area contributed by atoms with Crippen molar-refractivity contribution in [2.45, 2.75) is 40.2 Å². The number of hydrogen-bond donors (Lipinski definition) is 2. The summed E-state index contributed by atoms with van der Waals surface area (Å²) in [6, 6.07) is 0.220. The highest BCUT2D eigenvalue weighted by Gasteiger charge is 2.22. The van der Waals surface area contributed by atoms with Crippen LogP contribution >= 0.6 is 11.3 Å². The maximum atomic E-state index is 11.4. The molecule has 0 saturated heterocycles. The molecule has 1 rings (SSSR count). The molecule has 2 N–H and O–H groups in total. The number of hydrogen-bond acceptors (Lipinski definition) is 5. The van der Waals surface area contributed by atoms with Crippen LogP contribution in [0.15, 0.2) is 0 Å². The molecule has 1 heterocycles. The molecule has 0 aliphatic rings. The van der Waals surface area contributed by atoms with E-state index in [0.717, 1.165) is 17.8 Å². The number of nitrogens with zero attached hydrogens (tertiary/aromatic N) is 1. The number of thiazole rings is 1. The first-order valence-corrected chi connectivity index (χ1v) is 6.70. The van der Waals surface area contributed by atoms with Gasteiger partial charge in [0.2, 0.25) is 0 Å². The standard InChI is InChI=1S/C12H18N2O3S/c1-5-8(6(2)3)13-12-14-9(11(16)17)10(18-12)7(4)15/h6,8H,5H2,1-4H3,(H,13,14)(H,16,17). The van der Waals surface area contributed by atoms with E-state index in [1.807, 2.05) is 0 Å². The Kier molecular flexibility index (Phi) is 4.84. The maximum absolute atomic E-state index is 11.4. The number of Topliss-reactive ketones (excluding diaryl/α,β-unsaturated/α-hetero) is 1. The fraction of sp³-hybridized carbons (Fsp3) is 0.583. The lowest BCUT2D eigenvalue weighted by Gasteiger charge is -2.19. The first-order chi connectivity index (χ1) is 8.36. The van der Waals surface area contributed by atoms with Gasteiger partial charge < -0.3 is 10.4 Å². The molecule has 1 atom stereocenters. The first kappa shape index (κ1) is 14.6. The Morgan fingerprint density at radius 2 is 2.06 bits per heavy atom. The number of aromatic nitrogens is 1. The van der Waals surface area contributed by atoms with Gasteiger partial charge in [-0.2, -0.15) is 0 Å². The van der Waals surface area contributed by atoms with Crippen molar-refractivity contribution in [3.63, 3.8) is 0 Å². The number of carbonyl (C=O) groups is 2. The Bertz CT molecular complexity index is 423. The highest BCUT2D eigenvalue weighted by Crippen LogP contribution is 2.25. The Hall–Kier alpha value is -1.43. The molecular weight excluding hydrogens is 252 g/mol. The van der Waals surface area contributed by atoms with Crippen LogP contribution in [0.3, 0.4) is 0 Å². The van der Waals surface area contributed by atoms with Crippen LogP contribution in [0.5, 0.6) is 0 Å². The molecule has 0 spiro atoms. The summed E-state index contributed by atoms with van der Waals surface area (Å²) in [4.78, 5) is 26.5. The van der Waals surface area contributed by atoms with E-state index in [0.29, 0.717) is 11.0 Å². The predicted octanol–water partition coefficient (Wildman–Crippen LogP) is 2.89. The van der Waals surface area contributed by atoms with Crippen molar-refractivity contribution in [2.24, 2.45) is 5.92 Å². The highest BCUT2D eigenvalue weighted by molar-refractivity contribution is 7.17. The molecule has 6 heteroatoms. The zero-order valence-electron chi connectivity index (χ0n) is 11.0. The average Bonchev–Trinajstić information content (AvgIpc) is 2.69. The van der Waals surface area contributed by atoms with Gasteiger partial charge >= 0.3 is 5.97 Å². The lowest BCUT2D eigenvalue weighted by Crippen LogP contribution is -2.24. The van der Waals surface area contributed by atoms with Gasteiger partial charge in [0.25, 0.3) is 0 Å². The lowest BCUT2D eigenvalue weighted by atomic mass is 10.0. The van der Waals surface area contributed by atoms with Crippen molar-refractivity contribution < 1.29 is 14.7 Å². The molecule has 100 valence electrons. The molecule has 0 amide bonds. The van der Waals surface area contributed by atoms with E-state index in [1.54, 1.807) is 0 Å². The molecule has 5 nitrogen and oxygen atoms in total. The summed E-state index contributed by atoms with van der Waals surface area (Å²) in [6.45, 7) is 7.57. The lowest BCUT2D eigenvalue weighted by molar-refractivity contribution is 0.0687. The van der Waals surface area contributed by atoms with Crippen molar-refractivity contribution >= 4 is 28.2 Å². The van der Waals surface area contributed by atoms with Gasteiger partial charge in [-0.1, -0.05) is 32.1 Å². The van der Waals surface area contributed by atoms with E-state index in [9.17, 15) is 9.59 Å². The third-order valence-corrected chi connectivity index (χ3v) is 3.79. The van der Waals surface area contributed by atoms with Crippen LogP contribution in [0.4, 0.5) is 5.13 Å². The minimum absolute atomic E-state index is 0.159. The van der Waals surface area contributed by atoms with Crippen molar-refractivity contribution in [2.75, 3.05) is 5.32 Å². The Morgan fingerprint density at radius 1 is 1.44 bits per heavy atom. The van der Waals surface area contributed by atoms with Crippen molar-refractivity contribution in [1.29, 1.82) is 0 Å². The van der Waals surface area contributed by atoms with Crippen LogP contribution in [-0.4, -0.2) is 27.9 Å². The number of anilines is 1. The summed E-state index contributed by atoms with van der Waals surface area (Å²) < 4.78 is 0. The molecular formula is C12H18N2O3S. The van der Waals surface area contributed by atoms with Crippen molar-refractivity contribution in [3.8, 4) is 0 Å². The zero-order valence-corrected chi connectivity index (χ0v) is 11.8. The van der Waals surface area contributed by atoms with Crippen molar-refractivity contribution in [1.82, 2.24) is 4.98 Å². The summed E-state index contributed by atoms with van der Waals surface area (Å²) in [5.74, 6) is -1.02. The molecule has 0 aliphatic heterocycles. The quantitative estimate of drug-likeness (QED) is 0.777. The summed E-state index contributed by atoms with van der Waals surface area (Å²) in [7, 11) is 0. The molecule has 1 aromatic rings. The molecule has 0 fully saturated rings. The predicted molar refractivity (Wildman–Crippen MR) is 71.6 cm³/mol. The monoisotopic (exact) mass is 270 g/mol. The van der Waals surface area contributed by atoms with Crippen LogP contribution in [0, 0.1) is 5.92 Å².